The smallest absolute Gasteiger partial charge is 0.316 e. The molecule has 0 atom stereocenters. The summed E-state index contributed by atoms with van der Waals surface area (Å²) in [6.45, 7) is 7.44. The third-order valence-corrected chi connectivity index (χ3v) is 6.02. The Balaban J connectivity index is 1.79. The van der Waals surface area contributed by atoms with Gasteiger partial charge in [0.25, 0.3) is 0 Å². The van der Waals surface area contributed by atoms with Gasteiger partial charge < -0.3 is 9.47 Å². The molecule has 3 aromatic rings. The molecule has 0 spiro atoms. The molecule has 0 saturated carbocycles. The number of rotatable bonds is 8. The lowest BCUT2D eigenvalue weighted by Crippen LogP contribution is -2.12. The molecule has 1 aromatic carbocycles. The summed E-state index contributed by atoms with van der Waals surface area (Å²) in [5.74, 6) is -0.0603. The molecule has 3 rings (SSSR count). The van der Waals surface area contributed by atoms with Crippen LogP contribution in [0.25, 0.3) is 21.3 Å². The second-order valence-electron chi connectivity index (χ2n) is 6.01. The number of ether oxygens (including phenoxy) is 2. The second-order valence-corrected chi connectivity index (χ2v) is 7.84. The van der Waals surface area contributed by atoms with Gasteiger partial charge in [-0.15, -0.1) is 11.3 Å². The first-order chi connectivity index (χ1) is 13.1. The molecule has 7 heteroatoms. The summed E-state index contributed by atoms with van der Waals surface area (Å²) < 4.78 is 10.4. The summed E-state index contributed by atoms with van der Waals surface area (Å²) in [6, 6.07) is 6.42. The zero-order valence-corrected chi connectivity index (χ0v) is 17.3. The molecule has 0 aliphatic carbocycles. The number of benzene rings is 1. The fourth-order valence-electron chi connectivity index (χ4n) is 2.61. The summed E-state index contributed by atoms with van der Waals surface area (Å²) in [5, 5.41) is 3.91. The molecular weight excluding hydrogens is 380 g/mol. The number of fused-ring (bicyclic) bond motifs is 1. The quantitative estimate of drug-likeness (QED) is 0.237. The minimum absolute atomic E-state index is 0.209. The Morgan fingerprint density at radius 3 is 2.81 bits per heavy atom. The van der Waals surface area contributed by atoms with Crippen molar-refractivity contribution in [2.24, 2.45) is 0 Å². The predicted molar refractivity (Wildman–Crippen MR) is 111 cm³/mol. The lowest BCUT2D eigenvalue weighted by Gasteiger charge is -2.08. The molecule has 0 amide bonds. The third kappa shape index (κ3) is 4.86. The zero-order valence-electron chi connectivity index (χ0n) is 15.7. The third-order valence-electron chi connectivity index (χ3n) is 4.17. The van der Waals surface area contributed by atoms with E-state index >= 15 is 0 Å². The average Bonchev–Trinajstić information content (AvgIpc) is 3.10. The maximum absolute atomic E-state index is 12.0. The van der Waals surface area contributed by atoms with Gasteiger partial charge in [0.05, 0.1) is 17.7 Å². The highest BCUT2D eigenvalue weighted by Gasteiger charge is 2.15. The van der Waals surface area contributed by atoms with Gasteiger partial charge >= 0.3 is 5.97 Å². The highest BCUT2D eigenvalue weighted by molar-refractivity contribution is 8.00. The molecule has 0 radical (unpaired) electrons. The number of hydrogen-bond acceptors (Lipinski definition) is 7. The van der Waals surface area contributed by atoms with Crippen LogP contribution < -0.4 is 0 Å². The number of aromatic nitrogens is 2. The van der Waals surface area contributed by atoms with Crippen molar-refractivity contribution in [1.29, 1.82) is 0 Å². The highest BCUT2D eigenvalue weighted by Crippen LogP contribution is 2.38. The van der Waals surface area contributed by atoms with Gasteiger partial charge in [0, 0.05) is 17.6 Å². The predicted octanol–water partition coefficient (Wildman–Crippen LogP) is 4.65. The van der Waals surface area contributed by atoms with Crippen molar-refractivity contribution in [1.82, 2.24) is 9.97 Å². The number of nitrogens with zero attached hydrogens (tertiary/aromatic N) is 2. The second kappa shape index (κ2) is 9.30. The lowest BCUT2D eigenvalue weighted by atomic mass is 10.0. The molecule has 5 nitrogen and oxygen atoms in total. The van der Waals surface area contributed by atoms with Crippen molar-refractivity contribution in [2.45, 2.75) is 25.8 Å². The molecule has 0 aliphatic rings. The van der Waals surface area contributed by atoms with Gasteiger partial charge in [0.15, 0.2) is 0 Å². The molecule has 2 heterocycles. The summed E-state index contributed by atoms with van der Waals surface area (Å²) in [5.41, 5.74) is 4.75. The first kappa shape index (κ1) is 19.8. The number of carbonyl (C=O) groups excluding carboxylic acids is 1. The Kier molecular flexibility index (Phi) is 6.82. The van der Waals surface area contributed by atoms with Crippen LogP contribution in [0.4, 0.5) is 0 Å². The van der Waals surface area contributed by atoms with Crippen LogP contribution in [-0.2, 0) is 14.3 Å². The van der Waals surface area contributed by atoms with Gasteiger partial charge in [-0.2, -0.15) is 0 Å². The van der Waals surface area contributed by atoms with Gasteiger partial charge in [-0.25, -0.2) is 9.97 Å². The number of hydrogen-bond donors (Lipinski definition) is 0. The van der Waals surface area contributed by atoms with Crippen LogP contribution in [0.2, 0.25) is 0 Å². The Labute approximate surface area is 167 Å². The number of aryl methyl sites for hydroxylation is 2. The number of esters is 1. The van der Waals surface area contributed by atoms with Crippen molar-refractivity contribution in [3.63, 3.8) is 0 Å². The van der Waals surface area contributed by atoms with Gasteiger partial charge in [-0.3, -0.25) is 4.79 Å². The van der Waals surface area contributed by atoms with E-state index in [4.69, 9.17) is 9.47 Å². The van der Waals surface area contributed by atoms with Crippen molar-refractivity contribution in [2.75, 3.05) is 25.6 Å². The fraction of sp³-hybridized carbons (Fsp3) is 0.350. The molecule has 0 unspecified atom stereocenters. The Morgan fingerprint density at radius 1 is 1.19 bits per heavy atom. The van der Waals surface area contributed by atoms with E-state index in [1.165, 1.54) is 22.9 Å². The molecule has 0 N–H and O–H groups in total. The summed E-state index contributed by atoms with van der Waals surface area (Å²) in [4.78, 5) is 21.7. The van der Waals surface area contributed by atoms with Crippen LogP contribution in [-0.4, -0.2) is 41.5 Å². The minimum Gasteiger partial charge on any atom is -0.463 e. The Bertz CT molecular complexity index is 940. The number of thioether (sulfide) groups is 1. The largest absolute Gasteiger partial charge is 0.463 e. The van der Waals surface area contributed by atoms with Crippen LogP contribution in [0, 0.1) is 13.8 Å². The molecule has 0 saturated heterocycles. The maximum atomic E-state index is 12.0. The van der Waals surface area contributed by atoms with Gasteiger partial charge in [0.2, 0.25) is 0 Å². The summed E-state index contributed by atoms with van der Waals surface area (Å²) in [6.07, 6.45) is 1.55. The Morgan fingerprint density at radius 2 is 2.04 bits per heavy atom. The first-order valence-electron chi connectivity index (χ1n) is 8.76. The monoisotopic (exact) mass is 402 g/mol. The van der Waals surface area contributed by atoms with E-state index in [1.54, 1.807) is 17.7 Å². The first-order valence-corrected chi connectivity index (χ1v) is 10.6. The van der Waals surface area contributed by atoms with Gasteiger partial charge in [-0.05, 0) is 37.5 Å². The van der Waals surface area contributed by atoms with Crippen molar-refractivity contribution in [3.05, 3.63) is 41.0 Å². The SMILES string of the molecule is CCOCCOC(=O)CSc1ncnc2scc(-c3ccc(C)c(C)c3)c12. The summed E-state index contributed by atoms with van der Waals surface area (Å²) in [7, 11) is 0. The molecule has 27 heavy (non-hydrogen) atoms. The molecule has 142 valence electrons. The van der Waals surface area contributed by atoms with Crippen molar-refractivity contribution in [3.8, 4) is 11.1 Å². The van der Waals surface area contributed by atoms with E-state index < -0.39 is 0 Å². The van der Waals surface area contributed by atoms with Gasteiger partial charge in [0.1, 0.15) is 22.8 Å². The topological polar surface area (TPSA) is 61.3 Å². The van der Waals surface area contributed by atoms with Crippen LogP contribution in [0.1, 0.15) is 18.1 Å². The van der Waals surface area contributed by atoms with E-state index in [9.17, 15) is 4.79 Å². The molecule has 0 bridgehead atoms. The van der Waals surface area contributed by atoms with Crippen molar-refractivity contribution < 1.29 is 14.3 Å². The van der Waals surface area contributed by atoms with Gasteiger partial charge in [-0.1, -0.05) is 30.0 Å². The Hall–Kier alpha value is -1.96. The van der Waals surface area contributed by atoms with Crippen molar-refractivity contribution >= 4 is 39.3 Å². The summed E-state index contributed by atoms with van der Waals surface area (Å²) >= 11 is 2.97. The lowest BCUT2D eigenvalue weighted by molar-refractivity contribution is -0.141. The van der Waals surface area contributed by atoms with E-state index in [-0.39, 0.29) is 18.3 Å². The van der Waals surface area contributed by atoms with Crippen LogP contribution in [0.5, 0.6) is 0 Å². The fourth-order valence-corrected chi connectivity index (χ4v) is 4.40. The van der Waals surface area contributed by atoms with E-state index in [1.807, 2.05) is 6.92 Å². The van der Waals surface area contributed by atoms with E-state index in [0.717, 1.165) is 26.4 Å². The van der Waals surface area contributed by atoms with E-state index in [0.29, 0.717) is 13.2 Å². The average molecular weight is 403 g/mol. The number of thiophene rings is 1. The van der Waals surface area contributed by atoms with Crippen LogP contribution >= 0.6 is 23.1 Å². The molecule has 0 fully saturated rings. The van der Waals surface area contributed by atoms with Crippen LogP contribution in [0.15, 0.2) is 34.9 Å². The maximum Gasteiger partial charge on any atom is 0.316 e. The molecular formula is C20H22N2O3S2. The van der Waals surface area contributed by atoms with E-state index in [2.05, 4.69) is 47.4 Å². The molecule has 0 aliphatic heterocycles. The normalized spacial score (nSPS) is 11.1. The van der Waals surface area contributed by atoms with Crippen LogP contribution in [0.3, 0.4) is 0 Å². The number of carbonyl (C=O) groups is 1. The highest BCUT2D eigenvalue weighted by atomic mass is 32.2. The molecule has 2 aromatic heterocycles. The minimum atomic E-state index is -0.269. The zero-order chi connectivity index (χ0) is 19.2. The standard InChI is InChI=1S/C20H22N2O3S2/c1-4-24-7-8-25-17(23)11-27-20-18-16(10-26-19(18)21-12-22-20)15-6-5-13(2)14(3)9-15/h5-6,9-10,12H,4,7-8,11H2,1-3H3.